The lowest BCUT2D eigenvalue weighted by molar-refractivity contribution is -0.134. The van der Waals surface area contributed by atoms with E-state index in [0.717, 1.165) is 4.31 Å². The van der Waals surface area contributed by atoms with Crippen LogP contribution in [-0.4, -0.2) is 95.0 Å². The summed E-state index contributed by atoms with van der Waals surface area (Å²) in [5.74, 6) is -0.316. The van der Waals surface area contributed by atoms with Crippen LogP contribution in [0.4, 0.5) is 5.69 Å². The van der Waals surface area contributed by atoms with Gasteiger partial charge in [0, 0.05) is 57.3 Å². The average Bonchev–Trinajstić information content (AvgIpc) is 3.56. The summed E-state index contributed by atoms with van der Waals surface area (Å²) in [7, 11) is -3.17. The third kappa shape index (κ3) is 6.72. The van der Waals surface area contributed by atoms with Gasteiger partial charge >= 0.3 is 0 Å². The van der Waals surface area contributed by atoms with Gasteiger partial charge < -0.3 is 23.9 Å². The van der Waals surface area contributed by atoms with Crippen LogP contribution in [-0.2, 0) is 45.4 Å². The van der Waals surface area contributed by atoms with E-state index in [1.165, 1.54) is 58.3 Å². The van der Waals surface area contributed by atoms with Crippen molar-refractivity contribution in [3.63, 3.8) is 0 Å². The van der Waals surface area contributed by atoms with Gasteiger partial charge in [0.05, 0.1) is 38.3 Å². The molecule has 0 spiro atoms. The highest BCUT2D eigenvalue weighted by molar-refractivity contribution is 7.92. The molecule has 0 aliphatic carbocycles. The number of hydrogen-bond donors (Lipinski definition) is 2. The maximum absolute atomic E-state index is 13.4. The number of amides is 1. The zero-order valence-electron chi connectivity index (χ0n) is 23.5. The summed E-state index contributed by atoms with van der Waals surface area (Å²) < 4.78 is 65.1. The Balaban J connectivity index is 1.68. The third-order valence-electron chi connectivity index (χ3n) is 6.92. The molecule has 1 aromatic carbocycles. The molecule has 224 valence electrons. The van der Waals surface area contributed by atoms with Gasteiger partial charge in [0.1, 0.15) is 11.9 Å². The minimum atomic E-state index is -3.99. The molecule has 2 aromatic heterocycles. The molecule has 1 aliphatic rings. The molecule has 0 bridgehead atoms. The first-order chi connectivity index (χ1) is 19.2. The zero-order chi connectivity index (χ0) is 30.1. The van der Waals surface area contributed by atoms with Gasteiger partial charge in [-0.3, -0.25) is 9.52 Å². The van der Waals surface area contributed by atoms with Crippen molar-refractivity contribution in [2.45, 2.75) is 42.5 Å². The predicted molar refractivity (Wildman–Crippen MR) is 149 cm³/mol. The van der Waals surface area contributed by atoms with Gasteiger partial charge in [-0.05, 0) is 25.1 Å². The number of fused-ring (bicyclic) bond motifs is 1. The second-order valence-electron chi connectivity index (χ2n) is 10.4. The summed E-state index contributed by atoms with van der Waals surface area (Å²) >= 11 is 0. The number of nitrogens with one attached hydrogen (secondary N) is 1. The standard InChI is InChI=1S/C25H35N7O7S2/c1-17-10-32(18(2)14-33)25(34)9-19-8-20(28-40(35,36)23-12-29(3)15-26-23)6-7-21(19)39-22(17)11-31(5)41(37,38)24-13-30(4)16-27-24/h6-8,12-13,15-18,22,28,33H,9-11,14H2,1-5H3/t17-,18+,22+/m0/s1. The van der Waals surface area contributed by atoms with Gasteiger partial charge in [-0.1, -0.05) is 6.92 Å². The molecule has 14 nitrogen and oxygen atoms in total. The largest absolute Gasteiger partial charge is 0.488 e. The minimum Gasteiger partial charge on any atom is -0.488 e. The van der Waals surface area contributed by atoms with Gasteiger partial charge in [0.2, 0.25) is 5.91 Å². The molecule has 1 amide bonds. The molecule has 0 unspecified atom stereocenters. The Morgan fingerprint density at radius 1 is 1.12 bits per heavy atom. The topological polar surface area (TPSA) is 169 Å². The van der Waals surface area contributed by atoms with Gasteiger partial charge in [0.15, 0.2) is 10.1 Å². The Kier molecular flexibility index (Phi) is 8.77. The van der Waals surface area contributed by atoms with Crippen LogP contribution in [0.25, 0.3) is 0 Å². The number of rotatable bonds is 9. The fourth-order valence-electron chi connectivity index (χ4n) is 4.48. The summed E-state index contributed by atoms with van der Waals surface area (Å²) in [6.07, 6.45) is 4.71. The molecular weight excluding hydrogens is 574 g/mol. The summed E-state index contributed by atoms with van der Waals surface area (Å²) in [5, 5.41) is 9.58. The van der Waals surface area contributed by atoms with Crippen molar-refractivity contribution in [3.8, 4) is 5.75 Å². The minimum absolute atomic E-state index is 0.0525. The lowest BCUT2D eigenvalue weighted by atomic mass is 10.0. The number of hydrogen-bond acceptors (Lipinski definition) is 9. The average molecular weight is 610 g/mol. The lowest BCUT2D eigenvalue weighted by Gasteiger charge is -2.33. The Bertz CT molecular complexity index is 1620. The van der Waals surface area contributed by atoms with Gasteiger partial charge in [-0.25, -0.2) is 18.4 Å². The van der Waals surface area contributed by atoms with E-state index in [9.17, 15) is 26.7 Å². The maximum atomic E-state index is 13.4. The summed E-state index contributed by atoms with van der Waals surface area (Å²) in [4.78, 5) is 22.8. The van der Waals surface area contributed by atoms with E-state index in [4.69, 9.17) is 4.74 Å². The fourth-order valence-corrected chi connectivity index (χ4v) is 6.65. The van der Waals surface area contributed by atoms with Gasteiger partial charge in [-0.2, -0.15) is 12.7 Å². The Morgan fingerprint density at radius 3 is 2.34 bits per heavy atom. The number of likely N-dealkylation sites (N-methyl/N-ethyl adjacent to an activating group) is 1. The van der Waals surface area contributed by atoms with Crippen LogP contribution in [0.3, 0.4) is 0 Å². The predicted octanol–water partition coefficient (Wildman–Crippen LogP) is 0.424. The van der Waals surface area contributed by atoms with Crippen molar-refractivity contribution in [3.05, 3.63) is 48.8 Å². The number of carbonyl (C=O) groups excluding carboxylic acids is 1. The van der Waals surface area contributed by atoms with Crippen molar-refractivity contribution in [2.75, 3.05) is 31.5 Å². The number of ether oxygens (including phenoxy) is 1. The number of aromatic nitrogens is 4. The molecule has 41 heavy (non-hydrogen) atoms. The van der Waals surface area contributed by atoms with Crippen LogP contribution in [0, 0.1) is 5.92 Å². The second kappa shape index (κ2) is 11.8. The van der Waals surface area contributed by atoms with Crippen molar-refractivity contribution in [2.24, 2.45) is 20.0 Å². The molecule has 3 atom stereocenters. The van der Waals surface area contributed by atoms with Crippen molar-refractivity contribution in [1.29, 1.82) is 0 Å². The van der Waals surface area contributed by atoms with Crippen LogP contribution in [0.15, 0.2) is 53.3 Å². The highest BCUT2D eigenvalue weighted by atomic mass is 32.2. The van der Waals surface area contributed by atoms with E-state index >= 15 is 0 Å². The molecule has 4 rings (SSSR count). The number of carbonyl (C=O) groups is 1. The van der Waals surface area contributed by atoms with Crippen LogP contribution in [0.2, 0.25) is 0 Å². The normalized spacial score (nSPS) is 19.2. The molecule has 2 N–H and O–H groups in total. The Labute approximate surface area is 239 Å². The van der Waals surface area contributed by atoms with Crippen LogP contribution < -0.4 is 9.46 Å². The number of aliphatic hydroxyl groups is 1. The zero-order valence-corrected chi connectivity index (χ0v) is 25.1. The SMILES string of the molecule is C[C@H](CO)N1C[C@H](C)[C@@H](CN(C)S(=O)(=O)c2cn(C)cn2)Oc2ccc(NS(=O)(=O)c3cn(C)cn3)cc2CC1=O. The first-order valence-electron chi connectivity index (χ1n) is 12.9. The summed E-state index contributed by atoms with van der Waals surface area (Å²) in [6.45, 7) is 3.44. The summed E-state index contributed by atoms with van der Waals surface area (Å²) in [6, 6.07) is 4.06. The molecule has 0 fully saturated rings. The van der Waals surface area contributed by atoms with E-state index in [0.29, 0.717) is 11.3 Å². The first-order valence-corrected chi connectivity index (χ1v) is 15.8. The molecule has 3 aromatic rings. The van der Waals surface area contributed by atoms with Gasteiger partial charge in [0.25, 0.3) is 20.0 Å². The molecule has 1 aliphatic heterocycles. The first kappa shape index (κ1) is 30.5. The van der Waals surface area contributed by atoms with Gasteiger partial charge in [-0.15, -0.1) is 0 Å². The number of benzene rings is 1. The van der Waals surface area contributed by atoms with Crippen molar-refractivity contribution in [1.82, 2.24) is 28.3 Å². The number of nitrogens with zero attached hydrogens (tertiary/aromatic N) is 6. The van der Waals surface area contributed by atoms with E-state index in [1.54, 1.807) is 27.1 Å². The van der Waals surface area contributed by atoms with Crippen LogP contribution in [0.1, 0.15) is 19.4 Å². The second-order valence-corrected chi connectivity index (χ2v) is 14.0. The smallest absolute Gasteiger partial charge is 0.280 e. The number of aryl methyl sites for hydroxylation is 2. The molecular formula is C25H35N7O7S2. The quantitative estimate of drug-likeness (QED) is 0.349. The molecule has 0 radical (unpaired) electrons. The van der Waals surface area contributed by atoms with E-state index in [-0.39, 0.29) is 53.7 Å². The Hall–Kier alpha value is -3.47. The highest BCUT2D eigenvalue weighted by Crippen LogP contribution is 2.30. The molecule has 3 heterocycles. The number of imidazole rings is 2. The van der Waals surface area contributed by atoms with E-state index < -0.39 is 32.2 Å². The number of sulfonamides is 2. The van der Waals surface area contributed by atoms with E-state index in [2.05, 4.69) is 14.7 Å². The monoisotopic (exact) mass is 609 g/mol. The molecule has 0 saturated carbocycles. The maximum Gasteiger partial charge on any atom is 0.280 e. The lowest BCUT2D eigenvalue weighted by Crippen LogP contribution is -2.48. The summed E-state index contributed by atoms with van der Waals surface area (Å²) in [5.41, 5.74) is 0.604. The van der Waals surface area contributed by atoms with Crippen molar-refractivity contribution < 1.29 is 31.5 Å². The molecule has 16 heteroatoms. The van der Waals surface area contributed by atoms with Crippen molar-refractivity contribution >= 4 is 31.6 Å². The third-order valence-corrected chi connectivity index (χ3v) is 9.89. The van der Waals surface area contributed by atoms with Crippen LogP contribution in [0.5, 0.6) is 5.75 Å². The fraction of sp³-hybridized carbons (Fsp3) is 0.480. The molecule has 0 saturated heterocycles. The Morgan fingerprint density at radius 2 is 1.76 bits per heavy atom. The van der Waals surface area contributed by atoms with E-state index in [1.807, 2.05) is 6.92 Å². The number of aliphatic hydroxyl groups excluding tert-OH is 1. The van der Waals surface area contributed by atoms with Crippen LogP contribution >= 0.6 is 0 Å². The highest BCUT2D eigenvalue weighted by Gasteiger charge is 2.34. The number of anilines is 1.